The van der Waals surface area contributed by atoms with Crippen LogP contribution >= 0.6 is 23.2 Å². The highest BCUT2D eigenvalue weighted by molar-refractivity contribution is 6.42. The largest absolute Gasteiger partial charge is 0.335 e. The Morgan fingerprint density at radius 3 is 2.48 bits per heavy atom. The first kappa shape index (κ1) is 23.3. The van der Waals surface area contributed by atoms with E-state index in [9.17, 15) is 9.18 Å². The summed E-state index contributed by atoms with van der Waals surface area (Å²) in [6.45, 7) is 4.61. The van der Waals surface area contributed by atoms with Crippen LogP contribution in [0.3, 0.4) is 0 Å². The predicted molar refractivity (Wildman–Crippen MR) is 125 cm³/mol. The number of halogens is 3. The molecular weight excluding hydrogens is 436 g/mol. The van der Waals surface area contributed by atoms with E-state index in [1.54, 1.807) is 6.07 Å². The lowest BCUT2D eigenvalue weighted by Gasteiger charge is -2.55. The molecule has 2 heterocycles. The van der Waals surface area contributed by atoms with Gasteiger partial charge in [-0.3, -0.25) is 19.0 Å². The highest BCUT2D eigenvalue weighted by Gasteiger charge is 2.46. The average Bonchev–Trinajstić information content (AvgIpc) is 3.31. The molecule has 3 atom stereocenters. The Morgan fingerprint density at radius 2 is 1.74 bits per heavy atom. The molecule has 0 N–H and O–H groups in total. The molecule has 1 aliphatic carbocycles. The number of carbonyl (C=O) groups excluding carboxylic acids is 1. The maximum absolute atomic E-state index is 13.5. The summed E-state index contributed by atoms with van der Waals surface area (Å²) >= 11 is 12.2. The van der Waals surface area contributed by atoms with E-state index in [0.29, 0.717) is 35.0 Å². The van der Waals surface area contributed by atoms with Gasteiger partial charge < -0.3 is 4.90 Å². The molecule has 3 fully saturated rings. The van der Waals surface area contributed by atoms with Gasteiger partial charge in [0.05, 0.1) is 29.2 Å². The van der Waals surface area contributed by atoms with Crippen LogP contribution in [0.4, 0.5) is 4.39 Å². The highest BCUT2D eigenvalue weighted by Crippen LogP contribution is 2.35. The second-order valence-electron chi connectivity index (χ2n) is 9.24. The number of carbonyl (C=O) groups is 1. The van der Waals surface area contributed by atoms with Crippen molar-refractivity contribution in [3.8, 4) is 0 Å². The van der Waals surface area contributed by atoms with Gasteiger partial charge in [0.15, 0.2) is 0 Å². The highest BCUT2D eigenvalue weighted by atomic mass is 35.5. The number of piperazine rings is 1. The first-order valence-electron chi connectivity index (χ1n) is 11.9. The third-order valence-corrected chi connectivity index (χ3v) is 8.08. The summed E-state index contributed by atoms with van der Waals surface area (Å²) in [7, 11) is 0. The van der Waals surface area contributed by atoms with Gasteiger partial charge in [-0.2, -0.15) is 0 Å². The zero-order valence-electron chi connectivity index (χ0n) is 18.2. The average molecular weight is 470 g/mol. The Morgan fingerprint density at radius 1 is 0.968 bits per heavy atom. The topological polar surface area (TPSA) is 26.8 Å². The molecule has 0 aromatic heterocycles. The van der Waals surface area contributed by atoms with Crippen LogP contribution in [0.2, 0.25) is 10.0 Å². The molecule has 31 heavy (non-hydrogen) atoms. The lowest BCUT2D eigenvalue weighted by Crippen LogP contribution is -2.68. The van der Waals surface area contributed by atoms with Crippen molar-refractivity contribution in [3.05, 3.63) is 33.8 Å². The minimum absolute atomic E-state index is 0.183. The van der Waals surface area contributed by atoms with E-state index in [1.165, 1.54) is 19.3 Å². The first-order valence-corrected chi connectivity index (χ1v) is 12.6. The van der Waals surface area contributed by atoms with Crippen molar-refractivity contribution in [1.82, 2.24) is 14.7 Å². The van der Waals surface area contributed by atoms with Crippen molar-refractivity contribution in [2.75, 3.05) is 39.4 Å². The fourth-order valence-corrected chi connectivity index (χ4v) is 6.20. The summed E-state index contributed by atoms with van der Waals surface area (Å²) in [6, 6.07) is 6.52. The maximum Gasteiger partial charge on any atom is 0.227 e. The summed E-state index contributed by atoms with van der Waals surface area (Å²) in [5.74, 6) is 0.183. The lowest BCUT2D eigenvalue weighted by atomic mass is 9.81. The van der Waals surface area contributed by atoms with Crippen LogP contribution in [0.5, 0.6) is 0 Å². The van der Waals surface area contributed by atoms with Crippen molar-refractivity contribution in [3.63, 3.8) is 0 Å². The van der Waals surface area contributed by atoms with Gasteiger partial charge in [-0.05, 0) is 75.9 Å². The number of likely N-dealkylation sites (tertiary alicyclic amines) is 1. The normalized spacial score (nSPS) is 27.5. The van der Waals surface area contributed by atoms with Crippen molar-refractivity contribution >= 4 is 29.1 Å². The quantitative estimate of drug-likeness (QED) is 0.535. The fraction of sp³-hybridized carbons (Fsp3) is 0.708. The van der Waals surface area contributed by atoms with Crippen LogP contribution < -0.4 is 0 Å². The maximum atomic E-state index is 13.5. The van der Waals surface area contributed by atoms with Crippen LogP contribution in [0.25, 0.3) is 0 Å². The number of nitrogens with zero attached hydrogens (tertiary/aromatic N) is 3. The number of unbranched alkanes of at least 4 members (excludes halogenated alkanes) is 1. The number of hydrogen-bond donors (Lipinski definition) is 0. The van der Waals surface area contributed by atoms with Gasteiger partial charge in [0.25, 0.3) is 0 Å². The predicted octanol–water partition coefficient (Wildman–Crippen LogP) is 4.82. The minimum atomic E-state index is -0.243. The Kier molecular flexibility index (Phi) is 8.13. The van der Waals surface area contributed by atoms with Crippen molar-refractivity contribution in [2.24, 2.45) is 0 Å². The molecular formula is C24H34Cl2FN3O. The zero-order chi connectivity index (χ0) is 21.8. The van der Waals surface area contributed by atoms with Gasteiger partial charge in [0.1, 0.15) is 0 Å². The van der Waals surface area contributed by atoms with Crippen LogP contribution in [-0.4, -0.2) is 78.1 Å². The standard InChI is InChI=1S/C24H34Cl2FN3O/c25-19-9-8-18(16-20(19)26)17-23(31)30-15-14-29(11-2-1-10-27)22-7-5-6-21(24(22)30)28-12-3-4-13-28/h8-9,16,21-22,24H,1-7,10-15,17H2/t21-,22-,24+/m0/s1. The molecule has 3 aliphatic rings. The van der Waals surface area contributed by atoms with E-state index in [1.807, 2.05) is 12.1 Å². The van der Waals surface area contributed by atoms with E-state index >= 15 is 0 Å². The molecule has 0 radical (unpaired) electrons. The zero-order valence-corrected chi connectivity index (χ0v) is 19.8. The van der Waals surface area contributed by atoms with E-state index in [2.05, 4.69) is 14.7 Å². The van der Waals surface area contributed by atoms with E-state index < -0.39 is 0 Å². The molecule has 1 amide bonds. The summed E-state index contributed by atoms with van der Waals surface area (Å²) in [5.41, 5.74) is 0.912. The molecule has 1 aromatic carbocycles. The SMILES string of the molecule is O=C(Cc1ccc(Cl)c(Cl)c1)N1CCN(CCCCF)[C@H]2CCC[C@H](N3CCCC3)[C@H]21. The van der Waals surface area contributed by atoms with E-state index in [0.717, 1.165) is 57.5 Å². The van der Waals surface area contributed by atoms with Crippen LogP contribution in [0.15, 0.2) is 18.2 Å². The molecule has 7 heteroatoms. The van der Waals surface area contributed by atoms with Gasteiger partial charge >= 0.3 is 0 Å². The Bertz CT molecular complexity index is 758. The molecule has 2 aliphatic heterocycles. The molecule has 0 unspecified atom stereocenters. The summed E-state index contributed by atoms with van der Waals surface area (Å²) in [5, 5.41) is 1.01. The molecule has 0 spiro atoms. The second kappa shape index (κ2) is 10.8. The van der Waals surface area contributed by atoms with Crippen molar-refractivity contribution in [1.29, 1.82) is 0 Å². The molecule has 4 rings (SSSR count). The monoisotopic (exact) mass is 469 g/mol. The van der Waals surface area contributed by atoms with E-state index in [-0.39, 0.29) is 18.6 Å². The van der Waals surface area contributed by atoms with Gasteiger partial charge in [0.2, 0.25) is 5.91 Å². The number of hydrogen-bond acceptors (Lipinski definition) is 3. The minimum Gasteiger partial charge on any atom is -0.335 e. The van der Waals surface area contributed by atoms with Gasteiger partial charge in [0, 0.05) is 25.2 Å². The third-order valence-electron chi connectivity index (χ3n) is 7.34. The molecule has 1 saturated carbocycles. The number of alkyl halides is 1. The van der Waals surface area contributed by atoms with Crippen LogP contribution in [0, 0.1) is 0 Å². The van der Waals surface area contributed by atoms with Crippen molar-refractivity contribution < 1.29 is 9.18 Å². The van der Waals surface area contributed by atoms with Gasteiger partial charge in [-0.1, -0.05) is 35.7 Å². The van der Waals surface area contributed by atoms with Gasteiger partial charge in [-0.25, -0.2) is 0 Å². The summed E-state index contributed by atoms with van der Waals surface area (Å²) in [6.07, 6.45) is 7.88. The van der Waals surface area contributed by atoms with E-state index in [4.69, 9.17) is 23.2 Å². The van der Waals surface area contributed by atoms with Crippen LogP contribution in [-0.2, 0) is 11.2 Å². The summed E-state index contributed by atoms with van der Waals surface area (Å²) < 4.78 is 12.7. The molecule has 172 valence electrons. The molecule has 2 saturated heterocycles. The van der Waals surface area contributed by atoms with Crippen LogP contribution in [0.1, 0.15) is 50.5 Å². The lowest BCUT2D eigenvalue weighted by molar-refractivity contribution is -0.142. The number of rotatable bonds is 7. The number of fused-ring (bicyclic) bond motifs is 1. The summed E-state index contributed by atoms with van der Waals surface area (Å²) in [4.78, 5) is 20.9. The third kappa shape index (κ3) is 5.38. The number of benzene rings is 1. The Labute approximate surface area is 195 Å². The second-order valence-corrected chi connectivity index (χ2v) is 10.1. The first-order chi connectivity index (χ1) is 15.1. The Hall–Kier alpha value is -0.880. The molecule has 1 aromatic rings. The Balaban J connectivity index is 1.53. The van der Waals surface area contributed by atoms with Crippen molar-refractivity contribution in [2.45, 2.75) is 69.5 Å². The number of amides is 1. The van der Waals surface area contributed by atoms with Gasteiger partial charge in [-0.15, -0.1) is 0 Å². The molecule has 4 nitrogen and oxygen atoms in total. The fourth-order valence-electron chi connectivity index (χ4n) is 5.87. The molecule has 0 bridgehead atoms. The smallest absolute Gasteiger partial charge is 0.227 e.